The highest BCUT2D eigenvalue weighted by Crippen LogP contribution is 2.53. The van der Waals surface area contributed by atoms with Gasteiger partial charge in [-0.2, -0.15) is 0 Å². The average molecular weight is 1860 g/mol. The van der Waals surface area contributed by atoms with Crippen LogP contribution in [0.1, 0.15) is 305 Å². The van der Waals surface area contributed by atoms with Crippen molar-refractivity contribution in [2.75, 3.05) is 0 Å². The smallest absolute Gasteiger partial charge is 0.306 e. The lowest BCUT2D eigenvalue weighted by Crippen LogP contribution is -2.49. The van der Waals surface area contributed by atoms with Crippen LogP contribution in [0.15, 0.2) is 283 Å². The standard InChI is InChI=1S/C24H25ClO2.C23H21ClO2.C22H19ClO3.C22H19ClO2.C13H15ClO2.C10H6O2/c1-15-22(26)20-5-3-4-6-21(20)23(27)24(15,2)18-11-7-16(8-12-18)17-9-13-19(25)14-10-17;1-14-21(23(26)20-5-3-2-4-19(20)22(14)25)17-8-6-15(7-9-17)16-10-12-18(24)13-11-16;23-16-11-9-14(10-12-16)13-5-7-15(8-6-13)19-20(24)17-3-1-2-4-18(17)21(25)22(19)26;23-17-11-9-15(10-12-17)14-5-7-16(8-6-14)20-13-21(24)18-3-1-2-4-19(18)22(20)25;14-12-7-5-10(6-8-12)9-1-3-11(4-2-9)13(15)16;11-9-5-6-10(12)8-4-2-1-3-7(8)9/h3-6,9-10,13-16,18H,7-8,11-12H2,1-2H3;2-5,10-13,15,17H,6-9H2,1H3;1-4,9-13,15,24H,5-8H2;1-4,9-14,16H,5-8H2;5-9,11H,1-4H2,(H,15,16);1-6H. The molecule has 132 heavy (non-hydrogen) atoms. The number of carbonyl (C=O) groups excluding carboxylic acids is 10. The first-order valence-corrected chi connectivity index (χ1v) is 48.0. The molecule has 2 unspecified atom stereocenters. The predicted molar refractivity (Wildman–Crippen MR) is 521 cm³/mol. The van der Waals surface area contributed by atoms with Crippen molar-refractivity contribution >= 4 is 128 Å². The SMILES string of the molecule is CC1=C(C2CCC(c3ccc(Cl)cc3)CC2)C(=O)c2ccccc2C1=O.CC1C(=O)c2ccccc2C(=O)C1(C)C1CCC(c2ccc(Cl)cc2)CC1.O=C(O)C1CCC(c2ccc(Cl)cc2)CC1.O=C1C(=O)c2ccccc2C(O)=C1C1CCC(c2ccc(Cl)cc2)CC1.O=C1C=C(C2CCC(c3ccc(Cl)cc3)CC2)C(=O)c2ccccc21.O=C1C=CC(=O)c2ccccc21. The van der Waals surface area contributed by atoms with Gasteiger partial charge in [0.2, 0.25) is 11.6 Å². The van der Waals surface area contributed by atoms with Crippen molar-refractivity contribution in [3.63, 3.8) is 0 Å². The number of ketones is 10. The molecule has 2 N–H and O–H groups in total. The van der Waals surface area contributed by atoms with Crippen LogP contribution in [-0.4, -0.2) is 74.0 Å². The molecule has 2 atom stereocenters. The summed E-state index contributed by atoms with van der Waals surface area (Å²) in [6.07, 6.45) is 23.1. The molecule has 13 nitrogen and oxygen atoms in total. The quantitative estimate of drug-likeness (QED) is 0.122. The fourth-order valence-corrected chi connectivity index (χ4v) is 22.3. The first-order chi connectivity index (χ1) is 63.6. The molecule has 0 aromatic heterocycles. The number of aliphatic hydroxyl groups excluding tert-OH is 1. The second-order valence-corrected chi connectivity index (χ2v) is 38.9. The van der Waals surface area contributed by atoms with E-state index >= 15 is 0 Å². The molecule has 0 radical (unpaired) electrons. The van der Waals surface area contributed by atoms with E-state index in [9.17, 15) is 57.8 Å². The summed E-state index contributed by atoms with van der Waals surface area (Å²) >= 11 is 29.8. The van der Waals surface area contributed by atoms with Crippen LogP contribution in [0.3, 0.4) is 0 Å². The van der Waals surface area contributed by atoms with Gasteiger partial charge in [0.1, 0.15) is 5.76 Å². The maximum atomic E-state index is 13.4. The number of carboxylic acids is 1. The number of carbonyl (C=O) groups is 11. The normalized spacial score (nSPS) is 24.2. The number of benzene rings is 10. The summed E-state index contributed by atoms with van der Waals surface area (Å²) in [7, 11) is 0. The summed E-state index contributed by atoms with van der Waals surface area (Å²) in [5.41, 5.74) is 13.5. The number of hydrogen-bond donors (Lipinski definition) is 2. The summed E-state index contributed by atoms with van der Waals surface area (Å²) in [6, 6.07) is 75.3. The van der Waals surface area contributed by atoms with Crippen LogP contribution < -0.4 is 0 Å². The van der Waals surface area contributed by atoms with Gasteiger partial charge in [-0.1, -0.05) is 254 Å². The molecular formula is C114H105Cl5O13. The topological polar surface area (TPSA) is 228 Å². The van der Waals surface area contributed by atoms with E-state index in [1.165, 1.54) is 40.0 Å². The molecule has 10 aliphatic rings. The Morgan fingerprint density at radius 2 is 0.591 bits per heavy atom. The minimum atomic E-state index is -0.644. The fraction of sp³-hybridized carbons (Fsp3) is 0.307. The number of hydrogen-bond acceptors (Lipinski definition) is 12. The molecule has 0 amide bonds. The molecule has 10 aliphatic carbocycles. The van der Waals surface area contributed by atoms with Crippen molar-refractivity contribution in [3.05, 3.63) is 392 Å². The lowest BCUT2D eigenvalue weighted by molar-refractivity contribution is -0.142. The Hall–Kier alpha value is -11.4. The van der Waals surface area contributed by atoms with Gasteiger partial charge in [-0.3, -0.25) is 52.7 Å². The van der Waals surface area contributed by atoms with Crippen LogP contribution >= 0.6 is 58.0 Å². The number of fused-ring (bicyclic) bond motifs is 5. The van der Waals surface area contributed by atoms with E-state index in [0.717, 1.165) is 159 Å². The Bertz CT molecular complexity index is 6160. The number of carboxylic acid groups (broad SMARTS) is 1. The van der Waals surface area contributed by atoms with Crippen LogP contribution in [0.25, 0.3) is 5.76 Å². The van der Waals surface area contributed by atoms with Gasteiger partial charge in [0.25, 0.3) is 0 Å². The van der Waals surface area contributed by atoms with E-state index in [2.05, 4.69) is 48.5 Å². The second-order valence-electron chi connectivity index (χ2n) is 36.7. The van der Waals surface area contributed by atoms with Gasteiger partial charge in [0, 0.05) is 114 Å². The highest BCUT2D eigenvalue weighted by Gasteiger charge is 2.53. The van der Waals surface area contributed by atoms with E-state index in [1.54, 1.807) is 91.0 Å². The van der Waals surface area contributed by atoms with Gasteiger partial charge in [-0.05, 0) is 295 Å². The van der Waals surface area contributed by atoms with E-state index in [0.29, 0.717) is 102 Å². The minimum Gasteiger partial charge on any atom is -0.507 e. The highest BCUT2D eigenvalue weighted by molar-refractivity contribution is 6.52. The van der Waals surface area contributed by atoms with Gasteiger partial charge in [0.05, 0.1) is 5.92 Å². The Morgan fingerprint density at radius 1 is 0.303 bits per heavy atom. The van der Waals surface area contributed by atoms with Gasteiger partial charge in [-0.15, -0.1) is 0 Å². The molecule has 674 valence electrons. The second kappa shape index (κ2) is 42.6. The van der Waals surface area contributed by atoms with Crippen molar-refractivity contribution in [2.45, 2.75) is 179 Å². The molecule has 5 fully saturated rings. The third kappa shape index (κ3) is 21.1. The number of aliphatic carboxylic acids is 1. The van der Waals surface area contributed by atoms with Gasteiger partial charge >= 0.3 is 5.97 Å². The molecule has 5 saturated carbocycles. The van der Waals surface area contributed by atoms with Crippen molar-refractivity contribution in [3.8, 4) is 0 Å². The molecular weight excluding hydrogens is 1750 g/mol. The van der Waals surface area contributed by atoms with Crippen LogP contribution in [0.2, 0.25) is 25.1 Å². The maximum Gasteiger partial charge on any atom is 0.306 e. The summed E-state index contributed by atoms with van der Waals surface area (Å²) in [5.74, 6) is 1.04. The third-order valence-corrected chi connectivity index (χ3v) is 30.6. The van der Waals surface area contributed by atoms with Gasteiger partial charge in [-0.25, -0.2) is 0 Å². The van der Waals surface area contributed by atoms with E-state index in [4.69, 9.17) is 63.1 Å². The zero-order valence-electron chi connectivity index (χ0n) is 74.1. The predicted octanol–water partition coefficient (Wildman–Crippen LogP) is 28.6. The van der Waals surface area contributed by atoms with Crippen LogP contribution in [0, 0.1) is 40.9 Å². The number of halogens is 5. The first-order valence-electron chi connectivity index (χ1n) is 46.1. The number of aliphatic hydroxyl groups is 1. The molecule has 0 spiro atoms. The average Bonchev–Trinajstić information content (AvgIpc) is 0.691. The minimum absolute atomic E-state index is 0.00928. The van der Waals surface area contributed by atoms with Crippen molar-refractivity contribution in [2.24, 2.45) is 40.9 Å². The molecule has 0 saturated heterocycles. The van der Waals surface area contributed by atoms with E-state index in [-0.39, 0.29) is 87.5 Å². The largest absolute Gasteiger partial charge is 0.507 e. The van der Waals surface area contributed by atoms with Crippen molar-refractivity contribution < 1.29 is 63.0 Å². The number of allylic oxidation sites excluding steroid dienone is 7. The monoisotopic (exact) mass is 1860 g/mol. The van der Waals surface area contributed by atoms with Crippen LogP contribution in [-0.2, 0) is 9.59 Å². The lowest BCUT2D eigenvalue weighted by atomic mass is 9.55. The zero-order chi connectivity index (χ0) is 93.2. The lowest BCUT2D eigenvalue weighted by Gasteiger charge is -2.46. The molecule has 18 heteroatoms. The zero-order valence-corrected chi connectivity index (χ0v) is 77.9. The Labute approximate surface area is 796 Å². The Morgan fingerprint density at radius 3 is 0.970 bits per heavy atom. The molecule has 20 rings (SSSR count). The maximum absolute atomic E-state index is 13.4. The van der Waals surface area contributed by atoms with Gasteiger partial charge in [0.15, 0.2) is 46.3 Å². The molecule has 10 aromatic rings. The summed E-state index contributed by atoms with van der Waals surface area (Å²) in [5, 5.41) is 23.3. The summed E-state index contributed by atoms with van der Waals surface area (Å²) < 4.78 is 0. The summed E-state index contributed by atoms with van der Waals surface area (Å²) in [4.78, 5) is 136. The van der Waals surface area contributed by atoms with E-state index in [1.807, 2.05) is 130 Å². The van der Waals surface area contributed by atoms with Crippen LogP contribution in [0.4, 0.5) is 0 Å². The van der Waals surface area contributed by atoms with E-state index < -0.39 is 23.0 Å². The third-order valence-electron chi connectivity index (χ3n) is 29.4. The highest BCUT2D eigenvalue weighted by atomic mass is 35.5. The Kier molecular flexibility index (Phi) is 30.8. The number of rotatable bonds is 10. The number of Topliss-reactive ketones (excluding diaryl/α,β-unsaturated/α-hetero) is 7. The van der Waals surface area contributed by atoms with Crippen molar-refractivity contribution in [1.82, 2.24) is 0 Å². The fourth-order valence-electron chi connectivity index (χ4n) is 21.6. The molecule has 0 bridgehead atoms. The molecule has 10 aromatic carbocycles. The Balaban J connectivity index is 0.000000123. The summed E-state index contributed by atoms with van der Waals surface area (Å²) in [6.45, 7) is 5.79. The van der Waals surface area contributed by atoms with Gasteiger partial charge < -0.3 is 10.2 Å². The van der Waals surface area contributed by atoms with Crippen LogP contribution in [0.5, 0.6) is 0 Å². The molecule has 0 aliphatic heterocycles. The first kappa shape index (κ1) is 95.2. The van der Waals surface area contributed by atoms with Crippen molar-refractivity contribution in [1.29, 1.82) is 0 Å². The molecule has 0 heterocycles.